The summed E-state index contributed by atoms with van der Waals surface area (Å²) in [7, 11) is 0. The van der Waals surface area contributed by atoms with Gasteiger partial charge < -0.3 is 15.4 Å². The van der Waals surface area contributed by atoms with Crippen molar-refractivity contribution in [2.24, 2.45) is 0 Å². The minimum atomic E-state index is -0.135. The Morgan fingerprint density at radius 1 is 1.53 bits per heavy atom. The van der Waals surface area contributed by atoms with Crippen LogP contribution in [0.2, 0.25) is 5.02 Å². The van der Waals surface area contributed by atoms with Gasteiger partial charge in [-0.3, -0.25) is 0 Å². The number of halogens is 1. The molecule has 0 spiro atoms. The van der Waals surface area contributed by atoms with Crippen LogP contribution in [0.4, 0.5) is 4.79 Å². The van der Waals surface area contributed by atoms with E-state index < -0.39 is 0 Å². The van der Waals surface area contributed by atoms with Gasteiger partial charge in [0, 0.05) is 18.2 Å². The van der Waals surface area contributed by atoms with Crippen LogP contribution in [0.3, 0.4) is 0 Å². The first kappa shape index (κ1) is 14.2. The minimum absolute atomic E-state index is 0.0960. The Hall–Kier alpha value is -1.26. The number of hydrogen-bond acceptors (Lipinski definition) is 2. The third kappa shape index (κ3) is 4.40. The smallest absolute Gasteiger partial charge is 0.315 e. The summed E-state index contributed by atoms with van der Waals surface area (Å²) in [6, 6.07) is 7.64. The Kier molecular flexibility index (Phi) is 5.05. The van der Waals surface area contributed by atoms with Gasteiger partial charge in [-0.1, -0.05) is 23.7 Å². The number of hydrogen-bond donors (Lipinski definition) is 2. The monoisotopic (exact) mass is 282 g/mol. The van der Waals surface area contributed by atoms with Crippen LogP contribution in [0.5, 0.6) is 0 Å². The molecular formula is C14H19ClN2O2. The van der Waals surface area contributed by atoms with Crippen LogP contribution in [0.1, 0.15) is 18.9 Å². The number of benzene rings is 1. The SMILES string of the molecule is C[C@@H]1OCC[C@@H]1NC(=O)NCCc1cccc(Cl)c1. The summed E-state index contributed by atoms with van der Waals surface area (Å²) in [6.45, 7) is 3.28. The molecule has 0 unspecified atom stereocenters. The van der Waals surface area contributed by atoms with E-state index in [1.54, 1.807) is 0 Å². The second-order valence-corrected chi connectivity index (χ2v) is 5.19. The summed E-state index contributed by atoms with van der Waals surface area (Å²) in [4.78, 5) is 11.7. The highest BCUT2D eigenvalue weighted by Crippen LogP contribution is 2.12. The maximum atomic E-state index is 11.7. The molecule has 1 heterocycles. The largest absolute Gasteiger partial charge is 0.376 e. The molecule has 0 bridgehead atoms. The molecule has 0 aromatic heterocycles. The zero-order valence-electron chi connectivity index (χ0n) is 11.0. The molecule has 0 saturated carbocycles. The predicted molar refractivity (Wildman–Crippen MR) is 75.5 cm³/mol. The summed E-state index contributed by atoms with van der Waals surface area (Å²) < 4.78 is 5.40. The lowest BCUT2D eigenvalue weighted by Crippen LogP contribution is -2.45. The summed E-state index contributed by atoms with van der Waals surface area (Å²) in [6.07, 6.45) is 1.74. The van der Waals surface area contributed by atoms with Crippen LogP contribution in [0.25, 0.3) is 0 Å². The van der Waals surface area contributed by atoms with Gasteiger partial charge in [0.05, 0.1) is 12.1 Å². The van der Waals surface area contributed by atoms with Gasteiger partial charge in [0.25, 0.3) is 0 Å². The lowest BCUT2D eigenvalue weighted by atomic mass is 10.1. The topological polar surface area (TPSA) is 50.4 Å². The van der Waals surface area contributed by atoms with Crippen molar-refractivity contribution in [2.45, 2.75) is 31.9 Å². The quantitative estimate of drug-likeness (QED) is 0.891. The zero-order chi connectivity index (χ0) is 13.7. The van der Waals surface area contributed by atoms with Gasteiger partial charge >= 0.3 is 6.03 Å². The predicted octanol–water partition coefficient (Wildman–Crippen LogP) is 2.36. The molecule has 1 aromatic rings. The van der Waals surface area contributed by atoms with Crippen molar-refractivity contribution in [1.29, 1.82) is 0 Å². The fourth-order valence-electron chi connectivity index (χ4n) is 2.15. The van der Waals surface area contributed by atoms with E-state index >= 15 is 0 Å². The van der Waals surface area contributed by atoms with Gasteiger partial charge in [-0.25, -0.2) is 4.79 Å². The van der Waals surface area contributed by atoms with E-state index in [1.165, 1.54) is 0 Å². The van der Waals surface area contributed by atoms with E-state index in [2.05, 4.69) is 10.6 Å². The number of ether oxygens (including phenoxy) is 1. The van der Waals surface area contributed by atoms with E-state index in [0.29, 0.717) is 13.2 Å². The van der Waals surface area contributed by atoms with Crippen molar-refractivity contribution in [3.8, 4) is 0 Å². The van der Waals surface area contributed by atoms with Gasteiger partial charge in [-0.05, 0) is 37.5 Å². The van der Waals surface area contributed by atoms with Crippen molar-refractivity contribution in [1.82, 2.24) is 10.6 Å². The van der Waals surface area contributed by atoms with Gasteiger partial charge in [0.15, 0.2) is 0 Å². The van der Waals surface area contributed by atoms with E-state index in [0.717, 1.165) is 23.4 Å². The fourth-order valence-corrected chi connectivity index (χ4v) is 2.37. The Morgan fingerprint density at radius 2 is 2.37 bits per heavy atom. The normalized spacial score (nSPS) is 22.2. The van der Waals surface area contributed by atoms with Crippen molar-refractivity contribution in [3.05, 3.63) is 34.9 Å². The van der Waals surface area contributed by atoms with Crippen LogP contribution >= 0.6 is 11.6 Å². The molecule has 19 heavy (non-hydrogen) atoms. The Labute approximate surface area is 118 Å². The number of nitrogens with one attached hydrogen (secondary N) is 2. The second kappa shape index (κ2) is 6.78. The molecule has 1 saturated heterocycles. The lowest BCUT2D eigenvalue weighted by Gasteiger charge is -2.16. The highest BCUT2D eigenvalue weighted by Gasteiger charge is 2.25. The Bertz CT molecular complexity index is 439. The maximum Gasteiger partial charge on any atom is 0.315 e. The molecule has 1 aromatic carbocycles. The van der Waals surface area contributed by atoms with Crippen LogP contribution in [-0.2, 0) is 11.2 Å². The molecule has 2 rings (SSSR count). The van der Waals surface area contributed by atoms with Crippen LogP contribution < -0.4 is 10.6 Å². The number of carbonyl (C=O) groups excluding carboxylic acids is 1. The average molecular weight is 283 g/mol. The number of amides is 2. The van der Waals surface area contributed by atoms with Gasteiger partial charge in [0.1, 0.15) is 0 Å². The standard InChI is InChI=1S/C14H19ClN2O2/c1-10-13(6-8-19-10)17-14(18)16-7-5-11-3-2-4-12(15)9-11/h2-4,9-10,13H,5-8H2,1H3,(H2,16,17,18)/t10-,13-/m0/s1. The first-order valence-electron chi connectivity index (χ1n) is 6.55. The van der Waals surface area contributed by atoms with Gasteiger partial charge in [0.2, 0.25) is 0 Å². The van der Waals surface area contributed by atoms with Gasteiger partial charge in [-0.15, -0.1) is 0 Å². The van der Waals surface area contributed by atoms with Crippen molar-refractivity contribution in [2.75, 3.05) is 13.2 Å². The van der Waals surface area contributed by atoms with E-state index in [9.17, 15) is 4.79 Å². The van der Waals surface area contributed by atoms with Gasteiger partial charge in [-0.2, -0.15) is 0 Å². The Morgan fingerprint density at radius 3 is 3.05 bits per heavy atom. The lowest BCUT2D eigenvalue weighted by molar-refractivity contribution is 0.114. The summed E-state index contributed by atoms with van der Waals surface area (Å²) >= 11 is 5.90. The van der Waals surface area contributed by atoms with Crippen molar-refractivity contribution in [3.63, 3.8) is 0 Å². The molecule has 1 fully saturated rings. The summed E-state index contributed by atoms with van der Waals surface area (Å²) in [5, 5.41) is 6.50. The molecule has 0 radical (unpaired) electrons. The second-order valence-electron chi connectivity index (χ2n) is 4.75. The third-order valence-electron chi connectivity index (χ3n) is 3.28. The van der Waals surface area contributed by atoms with E-state index in [-0.39, 0.29) is 18.2 Å². The molecule has 2 N–H and O–H groups in total. The fraction of sp³-hybridized carbons (Fsp3) is 0.500. The molecule has 4 nitrogen and oxygen atoms in total. The molecular weight excluding hydrogens is 264 g/mol. The Balaban J connectivity index is 1.69. The van der Waals surface area contributed by atoms with Crippen LogP contribution in [-0.4, -0.2) is 31.3 Å². The molecule has 2 atom stereocenters. The average Bonchev–Trinajstić information content (AvgIpc) is 2.75. The summed E-state index contributed by atoms with van der Waals surface area (Å²) in [5.74, 6) is 0. The first-order valence-corrected chi connectivity index (χ1v) is 6.93. The first-order chi connectivity index (χ1) is 9.15. The highest BCUT2D eigenvalue weighted by atomic mass is 35.5. The number of urea groups is 1. The number of carbonyl (C=O) groups is 1. The van der Waals surface area contributed by atoms with Crippen LogP contribution in [0.15, 0.2) is 24.3 Å². The van der Waals surface area contributed by atoms with E-state index in [4.69, 9.17) is 16.3 Å². The minimum Gasteiger partial charge on any atom is -0.376 e. The molecule has 104 valence electrons. The molecule has 1 aliphatic heterocycles. The van der Waals surface area contributed by atoms with Crippen molar-refractivity contribution >= 4 is 17.6 Å². The zero-order valence-corrected chi connectivity index (χ0v) is 11.7. The third-order valence-corrected chi connectivity index (χ3v) is 3.52. The number of rotatable bonds is 4. The van der Waals surface area contributed by atoms with E-state index in [1.807, 2.05) is 31.2 Å². The molecule has 5 heteroatoms. The molecule has 2 amide bonds. The maximum absolute atomic E-state index is 11.7. The molecule has 0 aliphatic carbocycles. The van der Waals surface area contributed by atoms with Crippen LogP contribution in [0, 0.1) is 0 Å². The molecule has 1 aliphatic rings. The summed E-state index contributed by atoms with van der Waals surface area (Å²) in [5.41, 5.74) is 1.12. The highest BCUT2D eigenvalue weighted by molar-refractivity contribution is 6.30. The van der Waals surface area contributed by atoms with Crippen molar-refractivity contribution < 1.29 is 9.53 Å².